The lowest BCUT2D eigenvalue weighted by atomic mass is 9.87. The monoisotopic (exact) mass is 520 g/mol. The molecule has 1 unspecified atom stereocenters. The third-order valence-electron chi connectivity index (χ3n) is 5.14. The van der Waals surface area contributed by atoms with Gasteiger partial charge in [-0.2, -0.15) is 0 Å². The molecular formula is C27H27F3O3S2. The molecule has 3 aromatic rings. The van der Waals surface area contributed by atoms with E-state index in [1.165, 1.54) is 29.5 Å². The largest absolute Gasteiger partial charge is 0.611 e. The highest BCUT2D eigenvalue weighted by Crippen LogP contribution is 2.35. The van der Waals surface area contributed by atoms with Gasteiger partial charge in [0.05, 0.1) is 0 Å². The minimum atomic E-state index is -4.74. The van der Waals surface area contributed by atoms with Gasteiger partial charge >= 0.3 is 6.36 Å². The molecule has 0 spiro atoms. The van der Waals surface area contributed by atoms with Gasteiger partial charge in [-0.15, -0.1) is 13.2 Å². The lowest BCUT2D eigenvalue weighted by Gasteiger charge is -2.19. The molecule has 3 aromatic carbocycles. The molecule has 0 aliphatic carbocycles. The Hall–Kier alpha value is -2.55. The fourth-order valence-corrected chi connectivity index (χ4v) is 4.78. The van der Waals surface area contributed by atoms with E-state index in [1.807, 2.05) is 54.8 Å². The summed E-state index contributed by atoms with van der Waals surface area (Å²) < 4.78 is 60.4. The molecule has 3 nitrogen and oxygen atoms in total. The summed E-state index contributed by atoms with van der Waals surface area (Å²) in [4.78, 5) is 0. The van der Waals surface area contributed by atoms with E-state index < -0.39 is 17.5 Å². The number of hydrogen-bond donors (Lipinski definition) is 0. The second-order valence-corrected chi connectivity index (χ2v) is 11.3. The van der Waals surface area contributed by atoms with E-state index in [0.717, 1.165) is 11.1 Å². The molecule has 186 valence electrons. The van der Waals surface area contributed by atoms with Crippen LogP contribution in [0.1, 0.15) is 31.9 Å². The van der Waals surface area contributed by atoms with Crippen LogP contribution < -0.4 is 9.47 Å². The van der Waals surface area contributed by atoms with Crippen molar-refractivity contribution >= 4 is 29.0 Å². The number of benzene rings is 3. The Morgan fingerprint density at radius 1 is 0.886 bits per heavy atom. The van der Waals surface area contributed by atoms with Crippen molar-refractivity contribution in [1.82, 2.24) is 0 Å². The molecule has 0 heterocycles. The molecule has 0 N–H and O–H groups in total. The van der Waals surface area contributed by atoms with E-state index in [4.69, 9.17) is 4.74 Å². The first-order chi connectivity index (χ1) is 16.4. The van der Waals surface area contributed by atoms with Crippen molar-refractivity contribution in [3.63, 3.8) is 0 Å². The van der Waals surface area contributed by atoms with E-state index in [0.29, 0.717) is 21.3 Å². The molecular weight excluding hydrogens is 493 g/mol. The molecule has 0 saturated heterocycles. The Bertz CT molecular complexity index is 1160. The summed E-state index contributed by atoms with van der Waals surface area (Å²) in [7, 11) is 0. The van der Waals surface area contributed by atoms with Crippen LogP contribution in [0, 0.1) is 0 Å². The van der Waals surface area contributed by atoms with E-state index in [2.05, 4.69) is 25.5 Å². The summed E-state index contributed by atoms with van der Waals surface area (Å²) >= 11 is 0.237. The molecule has 0 amide bonds. The maximum Gasteiger partial charge on any atom is 0.573 e. The van der Waals surface area contributed by atoms with E-state index in [9.17, 15) is 17.7 Å². The lowest BCUT2D eigenvalue weighted by molar-refractivity contribution is -0.274. The highest BCUT2D eigenvalue weighted by Gasteiger charge is 2.31. The maximum absolute atomic E-state index is 12.5. The van der Waals surface area contributed by atoms with Gasteiger partial charge in [0.25, 0.3) is 0 Å². The third-order valence-corrected chi connectivity index (χ3v) is 7.55. The van der Waals surface area contributed by atoms with Crippen LogP contribution in [-0.2, 0) is 16.6 Å². The van der Waals surface area contributed by atoms with Gasteiger partial charge in [0.1, 0.15) is 23.5 Å². The van der Waals surface area contributed by atoms with Gasteiger partial charge in [0.15, 0.2) is 4.24 Å². The standard InChI is InChI=1S/C27H27F3O3S2/c1-26(2,3)21-10-14-22(15-11-21)32-24-16-19(6-7-20(24)17-25(34-4)35(5)31)18-8-12-23(13-9-18)33-27(28,29)30/h6-17H,1-5H3/b25-17+. The molecule has 0 radical (unpaired) electrons. The molecule has 3 rings (SSSR count). The van der Waals surface area contributed by atoms with Crippen molar-refractivity contribution < 1.29 is 27.2 Å². The van der Waals surface area contributed by atoms with Crippen molar-refractivity contribution in [2.75, 3.05) is 12.5 Å². The van der Waals surface area contributed by atoms with E-state index in [1.54, 1.807) is 18.4 Å². The number of hydrogen-bond acceptors (Lipinski definition) is 4. The Labute approximate surface area is 211 Å². The van der Waals surface area contributed by atoms with Crippen molar-refractivity contribution in [3.8, 4) is 28.4 Å². The Morgan fingerprint density at radius 3 is 1.97 bits per heavy atom. The second kappa shape index (κ2) is 11.0. The number of halogens is 3. The molecule has 1 atom stereocenters. The predicted molar refractivity (Wildman–Crippen MR) is 139 cm³/mol. The average molecular weight is 521 g/mol. The minimum absolute atomic E-state index is 0.00672. The van der Waals surface area contributed by atoms with Gasteiger partial charge in [-0.3, -0.25) is 0 Å². The highest BCUT2D eigenvalue weighted by atomic mass is 32.3. The first-order valence-corrected chi connectivity index (χ1v) is 13.5. The zero-order valence-electron chi connectivity index (χ0n) is 20.1. The first kappa shape index (κ1) is 27.0. The van der Waals surface area contributed by atoms with Crippen LogP contribution in [0.3, 0.4) is 0 Å². The van der Waals surface area contributed by atoms with Crippen LogP contribution in [0.4, 0.5) is 13.2 Å². The minimum Gasteiger partial charge on any atom is -0.611 e. The van der Waals surface area contributed by atoms with Gasteiger partial charge in [0.2, 0.25) is 0 Å². The van der Waals surface area contributed by atoms with Crippen molar-refractivity contribution in [3.05, 3.63) is 82.1 Å². The van der Waals surface area contributed by atoms with Crippen molar-refractivity contribution in [2.24, 2.45) is 0 Å². The average Bonchev–Trinajstić information content (AvgIpc) is 2.77. The molecule has 8 heteroatoms. The highest BCUT2D eigenvalue weighted by molar-refractivity contribution is 8.18. The molecule has 0 saturated carbocycles. The van der Waals surface area contributed by atoms with Gasteiger partial charge in [-0.25, -0.2) is 0 Å². The summed E-state index contributed by atoms with van der Waals surface area (Å²) in [5.41, 5.74) is 3.38. The third kappa shape index (κ3) is 7.72. The molecule has 0 aliphatic rings. The Morgan fingerprint density at radius 2 is 1.46 bits per heavy atom. The number of thioether (sulfide) groups is 1. The molecule has 0 aromatic heterocycles. The lowest BCUT2D eigenvalue weighted by Crippen LogP contribution is -2.16. The fraction of sp³-hybridized carbons (Fsp3) is 0.259. The maximum atomic E-state index is 12.5. The first-order valence-electron chi connectivity index (χ1n) is 10.7. The van der Waals surface area contributed by atoms with Crippen LogP contribution >= 0.6 is 11.8 Å². The predicted octanol–water partition coefficient (Wildman–Crippen LogP) is 8.38. The topological polar surface area (TPSA) is 41.5 Å². The number of ether oxygens (including phenoxy) is 2. The van der Waals surface area contributed by atoms with Crippen LogP contribution in [-0.4, -0.2) is 23.4 Å². The van der Waals surface area contributed by atoms with Gasteiger partial charge < -0.3 is 14.0 Å². The van der Waals surface area contributed by atoms with Crippen molar-refractivity contribution in [1.29, 1.82) is 0 Å². The van der Waals surface area contributed by atoms with Crippen LogP contribution in [0.25, 0.3) is 17.2 Å². The van der Waals surface area contributed by atoms with Gasteiger partial charge in [-0.1, -0.05) is 68.9 Å². The van der Waals surface area contributed by atoms with Crippen LogP contribution in [0.2, 0.25) is 0 Å². The van der Waals surface area contributed by atoms with Gasteiger partial charge in [0, 0.05) is 11.6 Å². The Balaban J connectivity index is 1.99. The SMILES string of the molecule is CS/C(=C\c1ccc(-c2ccc(OC(F)(F)F)cc2)cc1Oc1ccc(C(C)(C)C)cc1)[S+](C)[O-]. The summed E-state index contributed by atoms with van der Waals surface area (Å²) in [5, 5.41) is 0. The van der Waals surface area contributed by atoms with Crippen LogP contribution in [0.15, 0.2) is 71.0 Å². The molecule has 0 bridgehead atoms. The quantitative estimate of drug-likeness (QED) is 0.293. The summed E-state index contributed by atoms with van der Waals surface area (Å²) in [6.45, 7) is 6.40. The molecule has 35 heavy (non-hydrogen) atoms. The summed E-state index contributed by atoms with van der Waals surface area (Å²) in [6, 6.07) is 19.0. The van der Waals surface area contributed by atoms with Gasteiger partial charge in [-0.05, 0) is 69.9 Å². The smallest absolute Gasteiger partial charge is 0.573 e. The number of alkyl halides is 3. The van der Waals surface area contributed by atoms with E-state index in [-0.39, 0.29) is 11.2 Å². The normalized spacial score (nSPS) is 13.5. The summed E-state index contributed by atoms with van der Waals surface area (Å²) in [6.07, 6.45) is 0.558. The van der Waals surface area contributed by atoms with Crippen molar-refractivity contribution in [2.45, 2.75) is 32.5 Å². The zero-order chi connectivity index (χ0) is 25.8. The molecule has 0 aliphatic heterocycles. The van der Waals surface area contributed by atoms with Crippen LogP contribution in [0.5, 0.6) is 17.2 Å². The zero-order valence-corrected chi connectivity index (χ0v) is 21.7. The Kier molecular flexibility index (Phi) is 8.51. The second-order valence-electron chi connectivity index (χ2n) is 8.82. The summed E-state index contributed by atoms with van der Waals surface area (Å²) in [5.74, 6) is 0.895. The molecule has 0 fully saturated rings. The van der Waals surface area contributed by atoms with E-state index >= 15 is 0 Å². The number of rotatable bonds is 7. The fourth-order valence-electron chi connectivity index (χ4n) is 3.31.